The van der Waals surface area contributed by atoms with Crippen LogP contribution in [0, 0.1) is 47.3 Å². The van der Waals surface area contributed by atoms with Gasteiger partial charge in [-0.05, 0) is 158 Å². The summed E-state index contributed by atoms with van der Waals surface area (Å²) in [5.74, 6) is -20.6. The number of aromatic amines is 1. The molecular weight excluding hydrogens is 1690 g/mol. The van der Waals surface area contributed by atoms with Gasteiger partial charge in [0.2, 0.25) is 47.3 Å². The lowest BCUT2D eigenvalue weighted by Crippen LogP contribution is -2.52. The second-order valence-corrected chi connectivity index (χ2v) is 36.4. The van der Waals surface area contributed by atoms with E-state index in [1.807, 2.05) is 27.7 Å². The number of nitrogens with zero attached hydrogens (tertiary/aromatic N) is 3. The molecule has 26 N–H and O–H groups in total. The number of hydrogen-bond acceptors (Lipinski definition) is 24. The first-order valence-electron chi connectivity index (χ1n) is 46.6. The maximum atomic E-state index is 14.8. The lowest BCUT2D eigenvalue weighted by molar-refractivity contribution is -0.142. The van der Waals surface area contributed by atoms with Crippen molar-refractivity contribution in [2.45, 2.75) is 328 Å². The molecule has 0 saturated heterocycles. The van der Waals surface area contributed by atoms with E-state index >= 15 is 0 Å². The second kappa shape index (κ2) is 66.6. The number of ketones is 6. The molecular formula is C92H156N18O19S. The number of carbonyl (C=O) groups is 15. The van der Waals surface area contributed by atoms with Gasteiger partial charge in [-0.25, -0.2) is 4.98 Å². The summed E-state index contributed by atoms with van der Waals surface area (Å²) in [5.41, 5.74) is 40.8. The van der Waals surface area contributed by atoms with Crippen LogP contribution in [0.25, 0.3) is 0 Å². The van der Waals surface area contributed by atoms with Gasteiger partial charge < -0.3 is 103 Å². The van der Waals surface area contributed by atoms with Crippen molar-refractivity contribution < 1.29 is 92.3 Å². The highest BCUT2D eigenvalue weighted by molar-refractivity contribution is 7.98. The summed E-state index contributed by atoms with van der Waals surface area (Å²) < 4.78 is 0. The minimum absolute atomic E-state index is 0.000457. The van der Waals surface area contributed by atoms with Crippen molar-refractivity contribution in [3.05, 3.63) is 48.0 Å². The number of amides is 8. The summed E-state index contributed by atoms with van der Waals surface area (Å²) >= 11 is 1.27. The van der Waals surface area contributed by atoms with Crippen LogP contribution in [0.1, 0.15) is 278 Å². The fourth-order valence-electron chi connectivity index (χ4n) is 15.3. The average molecular weight is 1850 g/mol. The molecule has 8 amide bonds. The quantitative estimate of drug-likeness (QED) is 0.0240. The molecule has 0 aliphatic heterocycles. The standard InChI is InChI=1S/C92H156N18O19S/c1-9-10-11-12-13-14-15-16-17-18-19-20-21-32-82(120)104-72(30-23-25-39-94)90(129)107-69(29-22-24-38-93)77(115)50-64(43-57(2)3)87(126)105-70(31-27-41-102-92(98)99)78(116)51-65(55-111)88(127)106-71(37-42-130-8)81(119)52-68(60(7)112)89(128)110-75(53-83(121)122)76(114)45-59(6)85(124)108-74(46-61-33-35-67(113)36-34-61)79(117)48-62(28-26-40-101-91(96)97)86(125)109-73(44-58(4)5)80(118)49-63(84(95)123)47-66-54-100-56-103-66/h33-36,54,56-60,62-65,68-75,111-113H,9-32,37-53,55,93-94H2,1-8H3,(H2,95,123)(H,100,103)(H,104,120)(H,105,126)(H,106,127)(H,107,129)(H,108,124)(H,109,125)(H,110,128)(H,121,122)(H4,96,97,101)(H4,98,99,102)/t59-,60-,62-,63-,64-,65-,68+,69+,70+,71+,72+,73+,74+,75+/m1/s1. The number of aliphatic hydroxyl groups is 2. The van der Waals surface area contributed by atoms with Crippen LogP contribution in [0.5, 0.6) is 5.75 Å². The van der Waals surface area contributed by atoms with Gasteiger partial charge in [0.1, 0.15) is 11.8 Å². The molecule has 1 heterocycles. The average Bonchev–Trinajstić information content (AvgIpc) is 0.978. The zero-order valence-corrected chi connectivity index (χ0v) is 78.9. The van der Waals surface area contributed by atoms with Crippen LogP contribution in [-0.2, 0) is 84.8 Å². The van der Waals surface area contributed by atoms with Gasteiger partial charge in [0.25, 0.3) is 0 Å². The van der Waals surface area contributed by atoms with E-state index in [1.54, 1.807) is 6.26 Å². The second-order valence-electron chi connectivity index (χ2n) is 35.4. The number of aromatic hydroxyl groups is 1. The summed E-state index contributed by atoms with van der Waals surface area (Å²) in [6, 6.07) is -3.72. The third-order valence-corrected chi connectivity index (χ3v) is 23.5. The van der Waals surface area contributed by atoms with Gasteiger partial charge in [-0.15, -0.1) is 0 Å². The summed E-state index contributed by atoms with van der Waals surface area (Å²) in [6.07, 6.45) is 16.0. The van der Waals surface area contributed by atoms with Crippen molar-refractivity contribution in [1.82, 2.24) is 47.2 Å². The molecule has 38 heteroatoms. The number of aliphatic carboxylic acids is 1. The first-order valence-corrected chi connectivity index (χ1v) is 48.0. The Hall–Kier alpha value is -9.79. The molecule has 0 saturated carbocycles. The van der Waals surface area contributed by atoms with E-state index in [0.717, 1.165) is 32.6 Å². The molecule has 0 radical (unpaired) electrons. The van der Waals surface area contributed by atoms with E-state index in [-0.39, 0.29) is 144 Å². The first kappa shape index (κ1) is 116. The van der Waals surface area contributed by atoms with Crippen LogP contribution in [0.4, 0.5) is 0 Å². The van der Waals surface area contributed by atoms with Crippen molar-refractivity contribution >= 4 is 112 Å². The highest BCUT2D eigenvalue weighted by atomic mass is 32.2. The number of carbonyl (C=O) groups excluding carboxylic acids is 14. The molecule has 0 aliphatic rings. The highest BCUT2D eigenvalue weighted by Crippen LogP contribution is 2.26. The summed E-state index contributed by atoms with van der Waals surface area (Å²) in [6.45, 7) is 11.7. The van der Waals surface area contributed by atoms with E-state index in [0.29, 0.717) is 56.5 Å². The van der Waals surface area contributed by atoms with Crippen molar-refractivity contribution in [3.63, 3.8) is 0 Å². The number of unbranched alkanes of at least 4 members (excludes halogenated alkanes) is 14. The maximum absolute atomic E-state index is 14.8. The van der Waals surface area contributed by atoms with Gasteiger partial charge in [0, 0.05) is 94.1 Å². The van der Waals surface area contributed by atoms with E-state index in [1.165, 1.54) is 107 Å². The van der Waals surface area contributed by atoms with E-state index in [4.69, 9.17) is 40.1 Å². The number of phenols is 1. The minimum atomic E-state index is -1.89. The van der Waals surface area contributed by atoms with Crippen LogP contribution in [-0.4, -0.2) is 223 Å². The van der Waals surface area contributed by atoms with Crippen molar-refractivity contribution in [2.24, 2.45) is 97.5 Å². The SMILES string of the molecule is CCCCCCCCCCCCCCCC(=O)N[C@@H](CCCCN)C(=O)N[C@@H](CCCCN)C(=O)C[C@@H](CC(C)C)C(=O)N[C@@H](CCCN=C(N)N)C(=O)C[C@H](CO)C(=O)N[C@@H](CCSC)C(=O)C[C@H](C(=O)N[C@@H](CC(=O)O)C(=O)C[C@@H](C)C(=O)N[C@@H](Cc1ccc(O)cc1)C(=O)C[C@@H](CCCN=C(N)N)C(=O)N[C@@H](CC(C)C)C(=O)C[C@@H](Cc1cnc[nH]1)C(N)=O)[C@@H](C)O. The Kier molecular flexibility index (Phi) is 59.5. The Morgan fingerprint density at radius 2 is 0.892 bits per heavy atom. The summed E-state index contributed by atoms with van der Waals surface area (Å²) in [5, 5.41) is 61.2. The minimum Gasteiger partial charge on any atom is -0.508 e. The van der Waals surface area contributed by atoms with Crippen LogP contribution < -0.4 is 77.4 Å². The monoisotopic (exact) mass is 1850 g/mol. The van der Waals surface area contributed by atoms with Crippen LogP contribution in [0.3, 0.4) is 0 Å². The van der Waals surface area contributed by atoms with Gasteiger partial charge in [-0.2, -0.15) is 11.8 Å². The van der Waals surface area contributed by atoms with E-state index in [9.17, 15) is 92.3 Å². The number of hydrogen-bond donors (Lipinski definition) is 19. The number of aliphatic imine (C=N–C) groups is 2. The number of aliphatic hydroxyl groups excluding tert-OH is 2. The number of nitrogens with two attached hydrogens (primary N) is 7. The lowest BCUT2D eigenvalue weighted by atomic mass is 9.88. The van der Waals surface area contributed by atoms with Crippen LogP contribution >= 0.6 is 11.8 Å². The number of aromatic nitrogens is 2. The number of Topliss-reactive ketones (excluding diaryl/α,β-unsaturated/α-hetero) is 6. The lowest BCUT2D eigenvalue weighted by Gasteiger charge is -2.27. The zero-order valence-electron chi connectivity index (χ0n) is 78.1. The molecule has 130 heavy (non-hydrogen) atoms. The largest absolute Gasteiger partial charge is 0.508 e. The molecule has 734 valence electrons. The highest BCUT2D eigenvalue weighted by Gasteiger charge is 2.40. The number of rotatable bonds is 77. The molecule has 0 unspecified atom stereocenters. The molecule has 0 spiro atoms. The van der Waals surface area contributed by atoms with Gasteiger partial charge in [-0.1, -0.05) is 131 Å². The predicted octanol–water partition coefficient (Wildman–Crippen LogP) is 4.79. The van der Waals surface area contributed by atoms with Gasteiger partial charge >= 0.3 is 5.97 Å². The van der Waals surface area contributed by atoms with Gasteiger partial charge in [-0.3, -0.25) is 81.9 Å². The zero-order chi connectivity index (χ0) is 97.2. The van der Waals surface area contributed by atoms with Crippen LogP contribution in [0.15, 0.2) is 46.8 Å². The van der Waals surface area contributed by atoms with Crippen LogP contribution in [0.2, 0.25) is 0 Å². The Morgan fingerprint density at radius 3 is 1.40 bits per heavy atom. The number of phenolic OH excluding ortho intramolecular Hbond substituents is 1. The third-order valence-electron chi connectivity index (χ3n) is 22.9. The molecule has 1 aromatic carbocycles. The third kappa shape index (κ3) is 50.0. The summed E-state index contributed by atoms with van der Waals surface area (Å²) in [7, 11) is 0. The number of H-pyrrole nitrogens is 1. The number of benzene rings is 1. The number of thioether (sulfide) groups is 1. The Morgan fingerprint density at radius 1 is 0.446 bits per heavy atom. The van der Waals surface area contributed by atoms with E-state index < -0.39 is 205 Å². The summed E-state index contributed by atoms with van der Waals surface area (Å²) in [4.78, 5) is 227. The normalized spacial score (nSPS) is 14.6. The fourth-order valence-corrected chi connectivity index (χ4v) is 15.8. The Bertz CT molecular complexity index is 3840. The smallest absolute Gasteiger partial charge is 0.305 e. The molecule has 0 bridgehead atoms. The molecule has 37 nitrogen and oxygen atoms in total. The maximum Gasteiger partial charge on any atom is 0.305 e. The fraction of sp³-hybridized carbons (Fsp3) is 0.717. The topological polar surface area (TPSA) is 657 Å². The van der Waals surface area contributed by atoms with E-state index in [2.05, 4.69) is 64.1 Å². The molecule has 1 aromatic heterocycles. The molecule has 14 atom stereocenters. The molecule has 2 aromatic rings. The number of carboxylic acid groups (broad SMARTS) is 1. The molecule has 2 rings (SSSR count). The Labute approximate surface area is 771 Å². The van der Waals surface area contributed by atoms with Gasteiger partial charge in [0.05, 0.1) is 79.5 Å². The van der Waals surface area contributed by atoms with Crippen molar-refractivity contribution in [1.29, 1.82) is 0 Å². The number of carboxylic acids is 1. The van der Waals surface area contributed by atoms with Crippen molar-refractivity contribution in [2.75, 3.05) is 44.8 Å². The van der Waals surface area contributed by atoms with Crippen molar-refractivity contribution in [3.8, 4) is 5.75 Å². The predicted molar refractivity (Wildman–Crippen MR) is 500 cm³/mol. The number of primary amides is 1. The number of guanidine groups is 2. The molecule has 0 aliphatic carbocycles. The number of imidazole rings is 1. The number of nitrogens with one attached hydrogen (secondary N) is 8. The Balaban J connectivity index is 2.43. The molecule has 0 fully saturated rings. The first-order chi connectivity index (χ1) is 61.8. The van der Waals surface area contributed by atoms with Gasteiger partial charge in [0.15, 0.2) is 46.6 Å².